The number of amides is 2. The average Bonchev–Trinajstić information content (AvgIpc) is 3.03. The summed E-state index contributed by atoms with van der Waals surface area (Å²) >= 11 is 1.62. The Morgan fingerprint density at radius 2 is 2.32 bits per heavy atom. The number of hydrogen-bond donors (Lipinski definition) is 1. The minimum absolute atomic E-state index is 0.00914. The zero-order valence-corrected chi connectivity index (χ0v) is 14.1. The molecule has 22 heavy (non-hydrogen) atoms. The molecule has 2 rings (SSSR count). The Hall–Kier alpha value is -1.62. The molecular weight excluding hydrogens is 296 g/mol. The first-order chi connectivity index (χ1) is 10.6. The molecule has 1 aliphatic heterocycles. The lowest BCUT2D eigenvalue weighted by Gasteiger charge is -2.32. The maximum atomic E-state index is 12.2. The Morgan fingerprint density at radius 1 is 1.50 bits per heavy atom. The molecule has 5 heteroatoms. The van der Waals surface area contributed by atoms with Crippen molar-refractivity contribution in [3.8, 4) is 0 Å². The minimum atomic E-state index is 0.00914. The van der Waals surface area contributed by atoms with Crippen LogP contribution in [-0.2, 0) is 9.59 Å². The molecule has 0 bridgehead atoms. The smallest absolute Gasteiger partial charge is 0.246 e. The van der Waals surface area contributed by atoms with Crippen LogP contribution < -0.4 is 5.32 Å². The predicted octanol–water partition coefficient (Wildman–Crippen LogP) is 2.77. The number of rotatable bonds is 5. The maximum Gasteiger partial charge on any atom is 0.246 e. The summed E-state index contributed by atoms with van der Waals surface area (Å²) in [6, 6.07) is 1.99. The molecule has 1 saturated heterocycles. The summed E-state index contributed by atoms with van der Waals surface area (Å²) in [5.74, 6) is 0.511. The van der Waals surface area contributed by atoms with E-state index in [1.165, 1.54) is 0 Å². The lowest BCUT2D eigenvalue weighted by molar-refractivity contribution is -0.127. The second-order valence-electron chi connectivity index (χ2n) is 6.08. The van der Waals surface area contributed by atoms with Gasteiger partial charge >= 0.3 is 0 Å². The molecule has 0 saturated carbocycles. The zero-order chi connectivity index (χ0) is 15.9. The summed E-state index contributed by atoms with van der Waals surface area (Å²) < 4.78 is 0. The van der Waals surface area contributed by atoms with E-state index in [1.807, 2.05) is 41.6 Å². The molecule has 1 aromatic heterocycles. The zero-order valence-electron chi connectivity index (χ0n) is 13.2. The third kappa shape index (κ3) is 4.98. The summed E-state index contributed by atoms with van der Waals surface area (Å²) in [6.45, 7) is 5.98. The van der Waals surface area contributed by atoms with E-state index in [-0.39, 0.29) is 17.7 Å². The molecule has 1 atom stereocenters. The van der Waals surface area contributed by atoms with Crippen LogP contribution in [0, 0.1) is 11.8 Å². The highest BCUT2D eigenvalue weighted by Gasteiger charge is 2.23. The molecule has 0 aliphatic carbocycles. The molecule has 0 radical (unpaired) electrons. The second-order valence-corrected chi connectivity index (χ2v) is 6.86. The van der Waals surface area contributed by atoms with E-state index in [9.17, 15) is 9.59 Å². The number of piperidine rings is 1. The standard InChI is InChI=1S/C17H24N2O2S/c1-13(2)17(21)18-10-15-4-3-8-19(11-15)16(20)6-5-14-7-9-22-12-14/h5-7,9,12-13,15H,3-4,8,10-11H2,1-2H3,(H,18,21)/b6-5+/t15-/m0/s1. The molecule has 1 N–H and O–H groups in total. The highest BCUT2D eigenvalue weighted by molar-refractivity contribution is 7.08. The summed E-state index contributed by atoms with van der Waals surface area (Å²) in [5, 5.41) is 6.99. The number of nitrogens with zero attached hydrogens (tertiary/aromatic N) is 1. The number of carbonyl (C=O) groups excluding carboxylic acids is 2. The van der Waals surface area contributed by atoms with Gasteiger partial charge in [-0.25, -0.2) is 0 Å². The van der Waals surface area contributed by atoms with Gasteiger partial charge in [-0.1, -0.05) is 13.8 Å². The van der Waals surface area contributed by atoms with Crippen molar-refractivity contribution in [2.24, 2.45) is 11.8 Å². The first-order valence-corrected chi connectivity index (χ1v) is 8.77. The van der Waals surface area contributed by atoms with Crippen molar-refractivity contribution in [3.63, 3.8) is 0 Å². The van der Waals surface area contributed by atoms with Gasteiger partial charge < -0.3 is 10.2 Å². The summed E-state index contributed by atoms with van der Waals surface area (Å²) in [4.78, 5) is 25.8. The fraction of sp³-hybridized carbons (Fsp3) is 0.529. The Labute approximate surface area is 136 Å². The fourth-order valence-corrected chi connectivity index (χ4v) is 3.15. The normalized spacial score (nSPS) is 18.9. The SMILES string of the molecule is CC(C)C(=O)NC[C@@H]1CCCN(C(=O)/C=C/c2ccsc2)C1. The van der Waals surface area contributed by atoms with Gasteiger partial charge in [0.1, 0.15) is 0 Å². The largest absolute Gasteiger partial charge is 0.356 e. The molecule has 1 aliphatic rings. The lowest BCUT2D eigenvalue weighted by Crippen LogP contribution is -2.43. The Balaban J connectivity index is 1.82. The number of thiophene rings is 1. The molecular formula is C17H24N2O2S. The van der Waals surface area contributed by atoms with Gasteiger partial charge in [0, 0.05) is 31.6 Å². The maximum absolute atomic E-state index is 12.2. The van der Waals surface area contributed by atoms with Crippen molar-refractivity contribution >= 4 is 29.2 Å². The van der Waals surface area contributed by atoms with Gasteiger partial charge in [0.05, 0.1) is 0 Å². The van der Waals surface area contributed by atoms with Gasteiger partial charge in [0.2, 0.25) is 11.8 Å². The summed E-state index contributed by atoms with van der Waals surface area (Å²) in [6.07, 6.45) is 5.58. The van der Waals surface area contributed by atoms with Crippen LogP contribution >= 0.6 is 11.3 Å². The highest BCUT2D eigenvalue weighted by atomic mass is 32.1. The van der Waals surface area contributed by atoms with Crippen LogP contribution in [0.1, 0.15) is 32.3 Å². The van der Waals surface area contributed by atoms with E-state index >= 15 is 0 Å². The molecule has 1 aromatic rings. The number of likely N-dealkylation sites (tertiary alicyclic amines) is 1. The summed E-state index contributed by atoms with van der Waals surface area (Å²) in [7, 11) is 0. The van der Waals surface area contributed by atoms with Crippen LogP contribution in [0.25, 0.3) is 6.08 Å². The molecule has 2 amide bonds. The first-order valence-electron chi connectivity index (χ1n) is 7.83. The topological polar surface area (TPSA) is 49.4 Å². The van der Waals surface area contributed by atoms with E-state index in [0.717, 1.165) is 31.5 Å². The second kappa shape index (κ2) is 8.13. The third-order valence-electron chi connectivity index (χ3n) is 3.88. The van der Waals surface area contributed by atoms with Gasteiger partial charge in [-0.3, -0.25) is 9.59 Å². The van der Waals surface area contributed by atoms with Crippen molar-refractivity contribution in [3.05, 3.63) is 28.5 Å². The Kier molecular flexibility index (Phi) is 6.19. The van der Waals surface area contributed by atoms with Crippen LogP contribution in [0.2, 0.25) is 0 Å². The van der Waals surface area contributed by atoms with Crippen molar-refractivity contribution in [2.75, 3.05) is 19.6 Å². The number of nitrogens with one attached hydrogen (secondary N) is 1. The molecule has 0 spiro atoms. The van der Waals surface area contributed by atoms with E-state index in [1.54, 1.807) is 17.4 Å². The van der Waals surface area contributed by atoms with Gasteiger partial charge in [0.15, 0.2) is 0 Å². The van der Waals surface area contributed by atoms with E-state index in [0.29, 0.717) is 12.5 Å². The predicted molar refractivity (Wildman–Crippen MR) is 90.5 cm³/mol. The first kappa shape index (κ1) is 16.7. The van der Waals surface area contributed by atoms with Crippen molar-refractivity contribution in [1.29, 1.82) is 0 Å². The van der Waals surface area contributed by atoms with Crippen LogP contribution in [0.15, 0.2) is 22.9 Å². The van der Waals surface area contributed by atoms with Crippen molar-refractivity contribution in [2.45, 2.75) is 26.7 Å². The van der Waals surface area contributed by atoms with Gasteiger partial charge in [0.25, 0.3) is 0 Å². The van der Waals surface area contributed by atoms with Crippen LogP contribution in [0.3, 0.4) is 0 Å². The van der Waals surface area contributed by atoms with Gasteiger partial charge in [-0.2, -0.15) is 11.3 Å². The van der Waals surface area contributed by atoms with E-state index in [2.05, 4.69) is 5.32 Å². The quantitative estimate of drug-likeness (QED) is 0.848. The molecule has 4 nitrogen and oxygen atoms in total. The molecule has 120 valence electrons. The molecule has 0 unspecified atom stereocenters. The van der Waals surface area contributed by atoms with Crippen molar-refractivity contribution in [1.82, 2.24) is 10.2 Å². The highest BCUT2D eigenvalue weighted by Crippen LogP contribution is 2.17. The summed E-state index contributed by atoms with van der Waals surface area (Å²) in [5.41, 5.74) is 1.07. The minimum Gasteiger partial charge on any atom is -0.356 e. The number of hydrogen-bond acceptors (Lipinski definition) is 3. The molecule has 1 fully saturated rings. The van der Waals surface area contributed by atoms with Crippen LogP contribution in [0.5, 0.6) is 0 Å². The van der Waals surface area contributed by atoms with Crippen LogP contribution in [-0.4, -0.2) is 36.3 Å². The average molecular weight is 320 g/mol. The van der Waals surface area contributed by atoms with Crippen LogP contribution in [0.4, 0.5) is 0 Å². The molecule has 2 heterocycles. The lowest BCUT2D eigenvalue weighted by atomic mass is 9.97. The third-order valence-corrected chi connectivity index (χ3v) is 4.58. The molecule has 0 aromatic carbocycles. The monoisotopic (exact) mass is 320 g/mol. The van der Waals surface area contributed by atoms with E-state index in [4.69, 9.17) is 0 Å². The number of carbonyl (C=O) groups is 2. The van der Waals surface area contributed by atoms with Gasteiger partial charge in [-0.05, 0) is 47.2 Å². The Morgan fingerprint density at radius 3 is 3.00 bits per heavy atom. The Bertz CT molecular complexity index is 523. The van der Waals surface area contributed by atoms with Gasteiger partial charge in [-0.15, -0.1) is 0 Å². The van der Waals surface area contributed by atoms with Crippen molar-refractivity contribution < 1.29 is 9.59 Å². The fourth-order valence-electron chi connectivity index (χ4n) is 2.52. The van der Waals surface area contributed by atoms with E-state index < -0.39 is 0 Å².